The molecule has 94 valence electrons. The van der Waals surface area contributed by atoms with Gasteiger partial charge in [-0.15, -0.1) is 0 Å². The van der Waals surface area contributed by atoms with Crippen LogP contribution >= 0.6 is 0 Å². The molecule has 1 aliphatic heterocycles. The molecule has 0 N–H and O–H groups in total. The second-order valence-electron chi connectivity index (χ2n) is 4.57. The van der Waals surface area contributed by atoms with Gasteiger partial charge in [0.25, 0.3) is 0 Å². The van der Waals surface area contributed by atoms with Crippen LogP contribution in [0.15, 0.2) is 24.3 Å². The fraction of sp³-hybridized carbons (Fsp3) is 0.429. The highest BCUT2D eigenvalue weighted by atomic mass is 16.5. The third-order valence-corrected chi connectivity index (χ3v) is 3.34. The average Bonchev–Trinajstić information content (AvgIpc) is 2.44. The molecule has 2 rings (SSSR count). The Morgan fingerprint density at radius 1 is 1.56 bits per heavy atom. The van der Waals surface area contributed by atoms with E-state index in [2.05, 4.69) is 6.07 Å². The lowest BCUT2D eigenvalue weighted by Crippen LogP contribution is -2.42. The van der Waals surface area contributed by atoms with Crippen molar-refractivity contribution in [3.63, 3.8) is 0 Å². The molecule has 0 radical (unpaired) electrons. The maximum Gasteiger partial charge on any atom is 0.230 e. The first kappa shape index (κ1) is 12.4. The largest absolute Gasteiger partial charge is 0.492 e. The van der Waals surface area contributed by atoms with Crippen molar-refractivity contribution < 1.29 is 9.53 Å². The van der Waals surface area contributed by atoms with Gasteiger partial charge in [0.2, 0.25) is 5.91 Å². The molecule has 0 saturated heterocycles. The minimum absolute atomic E-state index is 0.0291. The lowest BCUT2D eigenvalue weighted by molar-refractivity contribution is -0.136. The van der Waals surface area contributed by atoms with E-state index in [4.69, 9.17) is 10.00 Å². The lowest BCUT2D eigenvalue weighted by Gasteiger charge is -2.29. The third kappa shape index (κ3) is 2.30. The molecule has 1 heterocycles. The molecule has 1 aromatic carbocycles. The monoisotopic (exact) mass is 244 g/mol. The van der Waals surface area contributed by atoms with Crippen LogP contribution in [0.1, 0.15) is 12.5 Å². The van der Waals surface area contributed by atoms with Crippen molar-refractivity contribution in [2.24, 2.45) is 5.92 Å². The maximum atomic E-state index is 12.2. The highest BCUT2D eigenvalue weighted by Gasteiger charge is 2.29. The summed E-state index contributed by atoms with van der Waals surface area (Å²) in [5.41, 5.74) is 1.06. The standard InChI is InChI=1S/C14H16N2O2/c1-10(8-15)16(2)14(17)12-7-11-5-3-4-6-13(11)18-9-12/h3-6,10,12H,7,9H2,1-2H3. The van der Waals surface area contributed by atoms with E-state index in [0.717, 1.165) is 11.3 Å². The van der Waals surface area contributed by atoms with Gasteiger partial charge in [-0.3, -0.25) is 4.79 Å². The molecule has 0 bridgehead atoms. The van der Waals surface area contributed by atoms with Crippen LogP contribution in [0.2, 0.25) is 0 Å². The molecule has 0 aromatic heterocycles. The molecule has 18 heavy (non-hydrogen) atoms. The topological polar surface area (TPSA) is 53.3 Å². The summed E-state index contributed by atoms with van der Waals surface area (Å²) in [6.07, 6.45) is 0.678. The molecule has 4 nitrogen and oxygen atoms in total. The lowest BCUT2D eigenvalue weighted by atomic mass is 9.95. The van der Waals surface area contributed by atoms with Crippen LogP contribution in [-0.4, -0.2) is 30.5 Å². The van der Waals surface area contributed by atoms with Gasteiger partial charge in [0, 0.05) is 7.05 Å². The molecular formula is C14H16N2O2. The number of carbonyl (C=O) groups excluding carboxylic acids is 1. The normalized spacial score (nSPS) is 19.1. The Morgan fingerprint density at radius 2 is 2.28 bits per heavy atom. The number of hydrogen-bond acceptors (Lipinski definition) is 3. The van der Waals surface area contributed by atoms with Gasteiger partial charge in [-0.05, 0) is 25.0 Å². The molecule has 4 heteroatoms. The predicted molar refractivity (Wildman–Crippen MR) is 67.0 cm³/mol. The number of para-hydroxylation sites is 1. The summed E-state index contributed by atoms with van der Waals surface area (Å²) in [6.45, 7) is 2.11. The van der Waals surface area contributed by atoms with E-state index < -0.39 is 6.04 Å². The highest BCUT2D eigenvalue weighted by Crippen LogP contribution is 2.27. The number of benzene rings is 1. The van der Waals surface area contributed by atoms with Crippen LogP contribution in [-0.2, 0) is 11.2 Å². The van der Waals surface area contributed by atoms with Gasteiger partial charge in [0.05, 0.1) is 12.0 Å². The summed E-state index contributed by atoms with van der Waals surface area (Å²) in [4.78, 5) is 13.7. The SMILES string of the molecule is CC(C#N)N(C)C(=O)C1COc2ccccc2C1. The number of nitriles is 1. The van der Waals surface area contributed by atoms with E-state index in [-0.39, 0.29) is 11.8 Å². The van der Waals surface area contributed by atoms with E-state index in [1.807, 2.05) is 24.3 Å². The van der Waals surface area contributed by atoms with Crippen molar-refractivity contribution in [3.05, 3.63) is 29.8 Å². The fourth-order valence-corrected chi connectivity index (χ4v) is 2.05. The molecule has 1 aromatic rings. The summed E-state index contributed by atoms with van der Waals surface area (Å²) >= 11 is 0. The summed E-state index contributed by atoms with van der Waals surface area (Å²) < 4.78 is 5.59. The van der Waals surface area contributed by atoms with Crippen molar-refractivity contribution in [1.29, 1.82) is 5.26 Å². The molecule has 2 unspecified atom stereocenters. The van der Waals surface area contributed by atoms with Crippen LogP contribution in [0.25, 0.3) is 0 Å². The van der Waals surface area contributed by atoms with Crippen molar-refractivity contribution in [2.75, 3.05) is 13.7 Å². The number of hydrogen-bond donors (Lipinski definition) is 0. The van der Waals surface area contributed by atoms with Crippen molar-refractivity contribution >= 4 is 5.91 Å². The highest BCUT2D eigenvalue weighted by molar-refractivity contribution is 5.80. The third-order valence-electron chi connectivity index (χ3n) is 3.34. The summed E-state index contributed by atoms with van der Waals surface area (Å²) in [5, 5.41) is 8.84. The Hall–Kier alpha value is -2.02. The molecule has 1 aliphatic rings. The van der Waals surface area contributed by atoms with E-state index >= 15 is 0 Å². The molecule has 0 saturated carbocycles. The zero-order chi connectivity index (χ0) is 13.1. The number of nitrogens with zero attached hydrogens (tertiary/aromatic N) is 2. The van der Waals surface area contributed by atoms with Gasteiger partial charge < -0.3 is 9.64 Å². The van der Waals surface area contributed by atoms with E-state index in [1.165, 1.54) is 4.90 Å². The van der Waals surface area contributed by atoms with E-state index in [1.54, 1.807) is 14.0 Å². The first-order chi connectivity index (χ1) is 8.63. The van der Waals surface area contributed by atoms with Crippen molar-refractivity contribution in [2.45, 2.75) is 19.4 Å². The number of fused-ring (bicyclic) bond motifs is 1. The first-order valence-electron chi connectivity index (χ1n) is 6.00. The molecule has 1 amide bonds. The Labute approximate surface area is 107 Å². The number of rotatable bonds is 2. The van der Waals surface area contributed by atoms with Crippen LogP contribution in [0.4, 0.5) is 0 Å². The zero-order valence-electron chi connectivity index (χ0n) is 10.6. The summed E-state index contributed by atoms with van der Waals surface area (Å²) in [7, 11) is 1.66. The minimum Gasteiger partial charge on any atom is -0.492 e. The van der Waals surface area contributed by atoms with E-state index in [9.17, 15) is 4.79 Å². The maximum absolute atomic E-state index is 12.2. The summed E-state index contributed by atoms with van der Waals surface area (Å²) in [6, 6.07) is 9.41. The summed E-state index contributed by atoms with van der Waals surface area (Å²) in [5.74, 6) is 0.636. The number of carbonyl (C=O) groups is 1. The van der Waals surface area contributed by atoms with Crippen LogP contribution in [0.5, 0.6) is 5.75 Å². The predicted octanol–water partition coefficient (Wildman–Crippen LogP) is 1.61. The van der Waals surface area contributed by atoms with Gasteiger partial charge in [-0.2, -0.15) is 5.26 Å². The zero-order valence-corrected chi connectivity index (χ0v) is 10.6. The first-order valence-corrected chi connectivity index (χ1v) is 6.00. The quantitative estimate of drug-likeness (QED) is 0.794. The second kappa shape index (κ2) is 5.09. The van der Waals surface area contributed by atoms with E-state index in [0.29, 0.717) is 13.0 Å². The molecule has 0 spiro atoms. The Kier molecular flexibility index (Phi) is 3.52. The van der Waals surface area contributed by atoms with Gasteiger partial charge in [-0.25, -0.2) is 0 Å². The molecule has 2 atom stereocenters. The molecule has 0 fully saturated rings. The van der Waals surface area contributed by atoms with Crippen LogP contribution < -0.4 is 4.74 Å². The van der Waals surface area contributed by atoms with Crippen molar-refractivity contribution in [1.82, 2.24) is 4.90 Å². The van der Waals surface area contributed by atoms with Gasteiger partial charge in [0.1, 0.15) is 18.4 Å². The van der Waals surface area contributed by atoms with Crippen LogP contribution in [0.3, 0.4) is 0 Å². The number of ether oxygens (including phenoxy) is 1. The Balaban J connectivity index is 2.10. The van der Waals surface area contributed by atoms with Crippen molar-refractivity contribution in [3.8, 4) is 11.8 Å². The fourth-order valence-electron chi connectivity index (χ4n) is 2.05. The average molecular weight is 244 g/mol. The Morgan fingerprint density at radius 3 is 3.00 bits per heavy atom. The van der Waals surface area contributed by atoms with Gasteiger partial charge in [-0.1, -0.05) is 18.2 Å². The van der Waals surface area contributed by atoms with Crippen LogP contribution in [0, 0.1) is 17.2 Å². The molecule has 0 aliphatic carbocycles. The second-order valence-corrected chi connectivity index (χ2v) is 4.57. The van der Waals surface area contributed by atoms with Gasteiger partial charge >= 0.3 is 0 Å². The smallest absolute Gasteiger partial charge is 0.230 e. The minimum atomic E-state index is -0.408. The number of amides is 1. The Bertz CT molecular complexity index is 493. The molecular weight excluding hydrogens is 228 g/mol. The van der Waals surface area contributed by atoms with Gasteiger partial charge in [0.15, 0.2) is 0 Å².